The number of benzene rings is 1. The smallest absolute Gasteiger partial charge is 0.261 e. The van der Waals surface area contributed by atoms with Gasteiger partial charge in [0.1, 0.15) is 5.82 Å². The average molecular weight is 445 g/mol. The molecule has 1 aromatic carbocycles. The Bertz CT molecular complexity index is 1090. The Hall–Kier alpha value is -2.22. The highest BCUT2D eigenvalue weighted by molar-refractivity contribution is 7.14. The van der Waals surface area contributed by atoms with Gasteiger partial charge in [0.15, 0.2) is 0 Å². The van der Waals surface area contributed by atoms with Crippen molar-refractivity contribution in [1.82, 2.24) is 20.4 Å². The van der Waals surface area contributed by atoms with Gasteiger partial charge in [-0.05, 0) is 49.6 Å². The Kier molecular flexibility index (Phi) is 5.35. The summed E-state index contributed by atoms with van der Waals surface area (Å²) in [4.78, 5) is 15.0. The number of nitrogens with one attached hydrogen (secondary N) is 2. The average Bonchev–Trinajstić information content (AvgIpc) is 3.27. The van der Waals surface area contributed by atoms with Crippen LogP contribution in [-0.4, -0.2) is 34.8 Å². The molecule has 0 bridgehead atoms. The van der Waals surface area contributed by atoms with E-state index >= 15 is 0 Å². The monoisotopic (exact) mass is 444 g/mol. The van der Waals surface area contributed by atoms with Crippen molar-refractivity contribution in [3.05, 3.63) is 62.7 Å². The number of carbonyl (C=O) groups is 1. The normalized spacial score (nSPS) is 20.9. The molecule has 2 atom stereocenters. The van der Waals surface area contributed by atoms with Crippen LogP contribution in [0.3, 0.4) is 0 Å². The van der Waals surface area contributed by atoms with Gasteiger partial charge in [0.2, 0.25) is 0 Å². The van der Waals surface area contributed by atoms with Crippen molar-refractivity contribution in [2.24, 2.45) is 0 Å². The lowest BCUT2D eigenvalue weighted by molar-refractivity contribution is 0.0928. The van der Waals surface area contributed by atoms with E-state index in [1.54, 1.807) is 18.3 Å². The van der Waals surface area contributed by atoms with Crippen LogP contribution in [0.5, 0.6) is 0 Å². The quantitative estimate of drug-likeness (QED) is 0.635. The Morgan fingerprint density at radius 1 is 1.37 bits per heavy atom. The van der Waals surface area contributed by atoms with Gasteiger partial charge < -0.3 is 10.6 Å². The zero-order valence-corrected chi connectivity index (χ0v) is 17.9. The van der Waals surface area contributed by atoms with E-state index in [2.05, 4.69) is 15.7 Å². The Morgan fingerprint density at radius 3 is 3.13 bits per heavy atom. The first kappa shape index (κ1) is 19.7. The molecule has 1 fully saturated rings. The summed E-state index contributed by atoms with van der Waals surface area (Å²) in [6.07, 6.45) is 4.39. The zero-order chi connectivity index (χ0) is 20.7. The highest BCUT2D eigenvalue weighted by Crippen LogP contribution is 2.38. The molecule has 5 nitrogen and oxygen atoms in total. The number of hydrogen-bond donors (Lipinski definition) is 2. The number of aromatic nitrogens is 2. The van der Waals surface area contributed by atoms with Crippen molar-refractivity contribution in [1.29, 1.82) is 0 Å². The maximum Gasteiger partial charge on any atom is 0.261 e. The molecule has 30 heavy (non-hydrogen) atoms. The number of rotatable bonds is 3. The fraction of sp³-hybridized carbons (Fsp3) is 0.364. The van der Waals surface area contributed by atoms with Gasteiger partial charge in [0.05, 0.1) is 21.8 Å². The van der Waals surface area contributed by atoms with Crippen LogP contribution < -0.4 is 10.6 Å². The van der Waals surface area contributed by atoms with Gasteiger partial charge in [-0.1, -0.05) is 23.7 Å². The highest BCUT2D eigenvalue weighted by Gasteiger charge is 2.30. The van der Waals surface area contributed by atoms with Crippen molar-refractivity contribution >= 4 is 28.8 Å². The van der Waals surface area contributed by atoms with Crippen molar-refractivity contribution in [3.63, 3.8) is 0 Å². The number of aryl methyl sites for hydroxylation is 2. The Morgan fingerprint density at radius 2 is 2.27 bits per heavy atom. The molecule has 2 aromatic heterocycles. The second kappa shape index (κ2) is 8.13. The van der Waals surface area contributed by atoms with Crippen LogP contribution in [0.1, 0.15) is 38.9 Å². The lowest BCUT2D eigenvalue weighted by atomic mass is 9.86. The molecule has 2 N–H and O–H groups in total. The van der Waals surface area contributed by atoms with Crippen LogP contribution in [0.2, 0.25) is 5.02 Å². The van der Waals surface area contributed by atoms with E-state index in [9.17, 15) is 9.18 Å². The minimum absolute atomic E-state index is 0.0829. The van der Waals surface area contributed by atoms with Gasteiger partial charge in [-0.15, -0.1) is 11.3 Å². The first-order valence-corrected chi connectivity index (χ1v) is 11.4. The molecule has 0 radical (unpaired) electrons. The molecule has 0 aliphatic carbocycles. The predicted molar refractivity (Wildman–Crippen MR) is 117 cm³/mol. The maximum atomic E-state index is 13.7. The van der Waals surface area contributed by atoms with Gasteiger partial charge in [-0.25, -0.2) is 4.39 Å². The predicted octanol–water partition coefficient (Wildman–Crippen LogP) is 4.23. The summed E-state index contributed by atoms with van der Waals surface area (Å²) < 4.78 is 15.7. The largest absolute Gasteiger partial charge is 0.347 e. The lowest BCUT2D eigenvalue weighted by Gasteiger charge is -2.33. The zero-order valence-electron chi connectivity index (χ0n) is 16.3. The van der Waals surface area contributed by atoms with E-state index in [-0.39, 0.29) is 23.7 Å². The molecule has 1 amide bonds. The first-order valence-electron chi connectivity index (χ1n) is 10.2. The van der Waals surface area contributed by atoms with Crippen LogP contribution in [0, 0.1) is 5.82 Å². The van der Waals surface area contributed by atoms with E-state index in [1.807, 2.05) is 16.8 Å². The summed E-state index contributed by atoms with van der Waals surface area (Å²) in [6, 6.07) is 8.54. The molecule has 0 spiro atoms. The van der Waals surface area contributed by atoms with Crippen LogP contribution in [0.25, 0.3) is 11.3 Å². The Labute approximate surface area is 183 Å². The molecular weight excluding hydrogens is 423 g/mol. The van der Waals surface area contributed by atoms with E-state index in [0.717, 1.165) is 49.2 Å². The second-order valence-electron chi connectivity index (χ2n) is 7.85. The topological polar surface area (TPSA) is 59.0 Å². The minimum Gasteiger partial charge on any atom is -0.347 e. The number of fused-ring (bicyclic) bond motifs is 3. The third kappa shape index (κ3) is 3.66. The van der Waals surface area contributed by atoms with Gasteiger partial charge in [-0.2, -0.15) is 5.10 Å². The van der Waals surface area contributed by atoms with E-state index in [0.29, 0.717) is 16.4 Å². The summed E-state index contributed by atoms with van der Waals surface area (Å²) in [7, 11) is 0. The van der Waals surface area contributed by atoms with E-state index in [1.165, 1.54) is 22.3 Å². The van der Waals surface area contributed by atoms with E-state index < -0.39 is 0 Å². The molecule has 4 heterocycles. The van der Waals surface area contributed by atoms with Gasteiger partial charge >= 0.3 is 0 Å². The summed E-state index contributed by atoms with van der Waals surface area (Å²) in [5.41, 5.74) is 2.84. The number of nitrogens with zero attached hydrogens (tertiary/aromatic N) is 2. The molecule has 0 saturated carbocycles. The van der Waals surface area contributed by atoms with E-state index in [4.69, 9.17) is 11.6 Å². The molecule has 0 unspecified atom stereocenters. The van der Waals surface area contributed by atoms with Crippen molar-refractivity contribution in [2.45, 2.75) is 37.8 Å². The molecule has 1 saturated heterocycles. The summed E-state index contributed by atoms with van der Waals surface area (Å²) in [6.45, 7) is 2.34. The highest BCUT2D eigenvalue weighted by atomic mass is 35.5. The lowest BCUT2D eigenvalue weighted by Crippen LogP contribution is -2.49. The maximum absolute atomic E-state index is 13.7. The third-order valence-electron chi connectivity index (χ3n) is 5.93. The molecule has 156 valence electrons. The summed E-state index contributed by atoms with van der Waals surface area (Å²) >= 11 is 7.91. The van der Waals surface area contributed by atoms with Crippen molar-refractivity contribution < 1.29 is 9.18 Å². The van der Waals surface area contributed by atoms with Crippen LogP contribution >= 0.6 is 22.9 Å². The van der Waals surface area contributed by atoms with Crippen LogP contribution in [0.15, 0.2) is 36.5 Å². The summed E-state index contributed by atoms with van der Waals surface area (Å²) in [5.74, 6) is -0.253. The van der Waals surface area contributed by atoms with Crippen LogP contribution in [-0.2, 0) is 13.0 Å². The molecule has 5 rings (SSSR count). The number of thiophene rings is 1. The van der Waals surface area contributed by atoms with Gasteiger partial charge in [-0.3, -0.25) is 9.48 Å². The number of piperidine rings is 1. The fourth-order valence-electron chi connectivity index (χ4n) is 4.50. The third-order valence-corrected chi connectivity index (χ3v) is 7.40. The molecular formula is C22H22ClFN4OS. The van der Waals surface area contributed by atoms with Crippen LogP contribution in [0.4, 0.5) is 4.39 Å². The minimum atomic E-state index is -0.244. The number of hydrogen-bond acceptors (Lipinski definition) is 4. The standard InChI is InChI=1S/C22H22ClFN4OS/c23-17-11-26-28-8-2-5-19-16(21(17)28)10-20(30-19)22(29)27-18-12-25-7-6-15(18)13-3-1-4-14(24)9-13/h1,3-4,9-11,15,18,25H,2,5-8,12H2,(H,27,29)/t15-,18+/m0/s1. The molecule has 8 heteroatoms. The van der Waals surface area contributed by atoms with Gasteiger partial charge in [0, 0.05) is 35.5 Å². The number of amides is 1. The number of carbonyl (C=O) groups excluding carboxylic acids is 1. The molecule has 3 aromatic rings. The molecule has 2 aliphatic heterocycles. The SMILES string of the molecule is O=C(N[C@@H]1CNCC[C@H]1c1cccc(F)c1)c1cc2c(s1)CCCn1ncc(Cl)c1-2. The first-order chi connectivity index (χ1) is 14.6. The summed E-state index contributed by atoms with van der Waals surface area (Å²) in [5, 5.41) is 11.5. The fourth-order valence-corrected chi connectivity index (χ4v) is 5.85. The van der Waals surface area contributed by atoms with Crippen molar-refractivity contribution in [2.75, 3.05) is 13.1 Å². The van der Waals surface area contributed by atoms with Crippen molar-refractivity contribution in [3.8, 4) is 11.3 Å². The Balaban J connectivity index is 1.40. The van der Waals surface area contributed by atoms with Gasteiger partial charge in [0.25, 0.3) is 5.91 Å². The number of halogens is 2. The second-order valence-corrected chi connectivity index (χ2v) is 9.39. The molecule has 2 aliphatic rings.